The number of hydrogen-bond donors (Lipinski definition) is 1. The zero-order valence-corrected chi connectivity index (χ0v) is 19.3. The van der Waals surface area contributed by atoms with Gasteiger partial charge in [0.15, 0.2) is 0 Å². The highest BCUT2D eigenvalue weighted by Crippen LogP contribution is 2.30. The van der Waals surface area contributed by atoms with E-state index in [4.69, 9.17) is 11.6 Å². The van der Waals surface area contributed by atoms with Crippen molar-refractivity contribution >= 4 is 23.4 Å². The highest BCUT2D eigenvalue weighted by molar-refractivity contribution is 6.31. The molecule has 0 aliphatic carbocycles. The van der Waals surface area contributed by atoms with Crippen molar-refractivity contribution in [3.63, 3.8) is 0 Å². The van der Waals surface area contributed by atoms with Gasteiger partial charge in [0, 0.05) is 31.0 Å². The normalized spacial score (nSPS) is 11.8. The molecule has 0 saturated carbocycles. The summed E-state index contributed by atoms with van der Waals surface area (Å²) in [4.78, 5) is 28.1. The van der Waals surface area contributed by atoms with E-state index in [1.807, 2.05) is 85.8 Å². The summed E-state index contributed by atoms with van der Waals surface area (Å²) in [6.45, 7) is 2.19. The molecular weight excluding hydrogens is 420 g/mol. The molecule has 2 amide bonds. The van der Waals surface area contributed by atoms with Crippen LogP contribution in [0.5, 0.6) is 0 Å². The number of benzene rings is 3. The van der Waals surface area contributed by atoms with Crippen molar-refractivity contribution < 1.29 is 9.59 Å². The SMILES string of the molecule is CC[C@@H](C(=O)NC)N(Cc1ccccc1Cl)C(=O)CC(c1ccccc1)c1ccccc1. The van der Waals surface area contributed by atoms with Crippen LogP contribution in [0.4, 0.5) is 0 Å². The second-order valence-corrected chi connectivity index (χ2v) is 8.14. The van der Waals surface area contributed by atoms with Crippen LogP contribution in [0.2, 0.25) is 5.02 Å². The molecule has 166 valence electrons. The smallest absolute Gasteiger partial charge is 0.242 e. The van der Waals surface area contributed by atoms with Crippen LogP contribution in [-0.2, 0) is 16.1 Å². The Labute approximate surface area is 195 Å². The molecule has 4 nitrogen and oxygen atoms in total. The summed E-state index contributed by atoms with van der Waals surface area (Å²) in [5, 5.41) is 3.29. The minimum absolute atomic E-state index is 0.0851. The summed E-state index contributed by atoms with van der Waals surface area (Å²) < 4.78 is 0. The number of nitrogens with zero attached hydrogens (tertiary/aromatic N) is 1. The van der Waals surface area contributed by atoms with Crippen LogP contribution in [0.15, 0.2) is 84.9 Å². The maximum atomic E-state index is 13.7. The molecule has 5 heteroatoms. The van der Waals surface area contributed by atoms with Gasteiger partial charge in [-0.2, -0.15) is 0 Å². The first kappa shape index (κ1) is 23.6. The van der Waals surface area contributed by atoms with E-state index in [1.54, 1.807) is 18.0 Å². The Morgan fingerprint density at radius 2 is 1.41 bits per heavy atom. The third kappa shape index (κ3) is 5.77. The number of halogens is 1. The molecule has 0 aromatic heterocycles. The lowest BCUT2D eigenvalue weighted by Crippen LogP contribution is -2.48. The quantitative estimate of drug-likeness (QED) is 0.475. The van der Waals surface area contributed by atoms with Gasteiger partial charge in [0.05, 0.1) is 0 Å². The fraction of sp³-hybridized carbons (Fsp3) is 0.259. The highest BCUT2D eigenvalue weighted by Gasteiger charge is 2.30. The maximum absolute atomic E-state index is 13.7. The van der Waals surface area contributed by atoms with Gasteiger partial charge in [-0.05, 0) is 29.2 Å². The van der Waals surface area contributed by atoms with Crippen LogP contribution < -0.4 is 5.32 Å². The second-order valence-electron chi connectivity index (χ2n) is 7.73. The molecule has 0 fully saturated rings. The molecule has 0 spiro atoms. The topological polar surface area (TPSA) is 49.4 Å². The van der Waals surface area contributed by atoms with Gasteiger partial charge in [0.1, 0.15) is 6.04 Å². The fourth-order valence-electron chi connectivity index (χ4n) is 3.99. The first-order chi connectivity index (χ1) is 15.5. The summed E-state index contributed by atoms with van der Waals surface area (Å²) in [6.07, 6.45) is 0.767. The Balaban J connectivity index is 1.96. The van der Waals surface area contributed by atoms with Gasteiger partial charge < -0.3 is 10.2 Å². The number of amides is 2. The molecule has 0 saturated heterocycles. The molecule has 0 aliphatic heterocycles. The standard InChI is InChI=1S/C27H29ClN2O2/c1-3-25(27(32)29-2)30(19-22-16-10-11-17-24(22)28)26(31)18-23(20-12-6-4-7-13-20)21-14-8-5-9-15-21/h4-17,23,25H,3,18-19H2,1-2H3,(H,29,32)/t25-/m0/s1. The molecule has 1 atom stereocenters. The highest BCUT2D eigenvalue weighted by atomic mass is 35.5. The number of carbonyl (C=O) groups is 2. The largest absolute Gasteiger partial charge is 0.357 e. The molecule has 32 heavy (non-hydrogen) atoms. The van der Waals surface area contributed by atoms with Gasteiger partial charge in [-0.15, -0.1) is 0 Å². The lowest BCUT2D eigenvalue weighted by molar-refractivity contribution is -0.141. The number of hydrogen-bond acceptors (Lipinski definition) is 2. The minimum Gasteiger partial charge on any atom is -0.357 e. The summed E-state index contributed by atoms with van der Waals surface area (Å²) in [7, 11) is 1.60. The first-order valence-electron chi connectivity index (χ1n) is 10.9. The van der Waals surface area contributed by atoms with Gasteiger partial charge in [0.25, 0.3) is 0 Å². The summed E-state index contributed by atoms with van der Waals surface area (Å²) in [5.74, 6) is -0.372. The molecule has 3 aromatic rings. The van der Waals surface area contributed by atoms with Gasteiger partial charge in [-0.1, -0.05) is 97.4 Å². The monoisotopic (exact) mass is 448 g/mol. The van der Waals surface area contributed by atoms with Crippen LogP contribution in [0.1, 0.15) is 42.4 Å². The zero-order valence-electron chi connectivity index (χ0n) is 18.5. The predicted molar refractivity (Wildman–Crippen MR) is 129 cm³/mol. The third-order valence-electron chi connectivity index (χ3n) is 5.71. The average Bonchev–Trinajstić information content (AvgIpc) is 2.84. The van der Waals surface area contributed by atoms with Crippen molar-refractivity contribution in [2.24, 2.45) is 0 Å². The van der Waals surface area contributed by atoms with Crippen LogP contribution >= 0.6 is 11.6 Å². The molecule has 0 unspecified atom stereocenters. The second kappa shape index (κ2) is 11.5. The minimum atomic E-state index is -0.573. The number of carbonyl (C=O) groups excluding carboxylic acids is 2. The molecule has 0 radical (unpaired) electrons. The van der Waals surface area contributed by atoms with Gasteiger partial charge in [0.2, 0.25) is 11.8 Å². The van der Waals surface area contributed by atoms with Crippen LogP contribution in [0.25, 0.3) is 0 Å². The van der Waals surface area contributed by atoms with E-state index in [1.165, 1.54) is 0 Å². The third-order valence-corrected chi connectivity index (χ3v) is 6.08. The number of nitrogens with one attached hydrogen (secondary N) is 1. The van der Waals surface area contributed by atoms with Crippen LogP contribution in [0.3, 0.4) is 0 Å². The van der Waals surface area contributed by atoms with Crippen molar-refractivity contribution in [3.05, 3.63) is 107 Å². The van der Waals surface area contributed by atoms with E-state index < -0.39 is 6.04 Å². The molecule has 3 aromatic carbocycles. The van der Waals surface area contributed by atoms with Gasteiger partial charge in [-0.3, -0.25) is 9.59 Å². The van der Waals surface area contributed by atoms with Crippen molar-refractivity contribution in [2.45, 2.75) is 38.3 Å². The van der Waals surface area contributed by atoms with E-state index >= 15 is 0 Å². The Kier molecular flexibility index (Phi) is 8.46. The van der Waals surface area contributed by atoms with Crippen LogP contribution in [-0.4, -0.2) is 29.8 Å². The predicted octanol–water partition coefficient (Wildman–Crippen LogP) is 5.42. The first-order valence-corrected chi connectivity index (χ1v) is 11.3. The Bertz CT molecular complexity index is 985. The zero-order chi connectivity index (χ0) is 22.9. The van der Waals surface area contributed by atoms with E-state index in [0.29, 0.717) is 11.4 Å². The average molecular weight is 449 g/mol. The molecular formula is C27H29ClN2O2. The lowest BCUT2D eigenvalue weighted by Gasteiger charge is -2.32. The van der Waals surface area contributed by atoms with Gasteiger partial charge in [-0.25, -0.2) is 0 Å². The molecule has 0 bridgehead atoms. The molecule has 0 heterocycles. The number of rotatable bonds is 9. The fourth-order valence-corrected chi connectivity index (χ4v) is 4.18. The van der Waals surface area contributed by atoms with E-state index in [9.17, 15) is 9.59 Å². The Morgan fingerprint density at radius 3 is 1.91 bits per heavy atom. The van der Waals surface area contributed by atoms with Gasteiger partial charge >= 0.3 is 0 Å². The van der Waals surface area contributed by atoms with E-state index in [-0.39, 0.29) is 30.7 Å². The number of likely N-dealkylation sites (N-methyl/N-ethyl adjacent to an activating group) is 1. The van der Waals surface area contributed by atoms with E-state index in [2.05, 4.69) is 5.32 Å². The summed E-state index contributed by atoms with van der Waals surface area (Å²) >= 11 is 6.39. The summed E-state index contributed by atoms with van der Waals surface area (Å²) in [6, 6.07) is 26.9. The maximum Gasteiger partial charge on any atom is 0.242 e. The Morgan fingerprint density at radius 1 is 0.875 bits per heavy atom. The van der Waals surface area contributed by atoms with Crippen molar-refractivity contribution in [1.29, 1.82) is 0 Å². The van der Waals surface area contributed by atoms with E-state index in [0.717, 1.165) is 16.7 Å². The Hall–Kier alpha value is -3.11. The van der Waals surface area contributed by atoms with Crippen molar-refractivity contribution in [1.82, 2.24) is 10.2 Å². The van der Waals surface area contributed by atoms with Crippen molar-refractivity contribution in [2.75, 3.05) is 7.05 Å². The molecule has 0 aliphatic rings. The lowest BCUT2D eigenvalue weighted by atomic mass is 9.88. The van der Waals surface area contributed by atoms with Crippen molar-refractivity contribution in [3.8, 4) is 0 Å². The van der Waals surface area contributed by atoms with Crippen LogP contribution in [0, 0.1) is 0 Å². The molecule has 3 rings (SSSR count). The summed E-state index contributed by atoms with van der Waals surface area (Å²) in [5.41, 5.74) is 2.95. The molecule has 1 N–H and O–H groups in total.